The Kier molecular flexibility index (Phi) is 4.22. The van der Waals surface area contributed by atoms with E-state index in [1.54, 1.807) is 17.9 Å². The van der Waals surface area contributed by atoms with Gasteiger partial charge in [0.25, 0.3) is 5.56 Å². The highest BCUT2D eigenvalue weighted by Gasteiger charge is 2.11. The second-order valence-electron chi connectivity index (χ2n) is 6.06. The van der Waals surface area contributed by atoms with E-state index in [0.29, 0.717) is 10.6 Å². The number of nitrogens with zero attached hydrogens (tertiary/aromatic N) is 2. The molecule has 6 heteroatoms. The predicted octanol–water partition coefficient (Wildman–Crippen LogP) is 1.80. The molecule has 4 rings (SSSR count). The van der Waals surface area contributed by atoms with Gasteiger partial charge in [-0.25, -0.2) is 4.68 Å². The molecule has 0 spiro atoms. The van der Waals surface area contributed by atoms with Crippen LogP contribution in [0.5, 0.6) is 5.75 Å². The summed E-state index contributed by atoms with van der Waals surface area (Å²) >= 11 is 0. The van der Waals surface area contributed by atoms with Gasteiger partial charge in [0.1, 0.15) is 5.75 Å². The summed E-state index contributed by atoms with van der Waals surface area (Å²) in [5, 5.41) is 11.1. The quantitative estimate of drug-likeness (QED) is 0.584. The fourth-order valence-corrected chi connectivity index (χ4v) is 2.89. The fraction of sp³-hybridized carbons (Fsp3) is 0.0476. The van der Waals surface area contributed by atoms with E-state index in [1.165, 1.54) is 0 Å². The summed E-state index contributed by atoms with van der Waals surface area (Å²) in [5.41, 5.74) is 3.23. The summed E-state index contributed by atoms with van der Waals surface area (Å²) in [7, 11) is 1.63. The van der Waals surface area contributed by atoms with Gasteiger partial charge in [0.15, 0.2) is 0 Å². The Morgan fingerprint density at radius 3 is 2.44 bits per heavy atom. The molecule has 134 valence electrons. The molecule has 0 aliphatic heterocycles. The van der Waals surface area contributed by atoms with E-state index in [4.69, 9.17) is 9.84 Å². The molecule has 0 aliphatic carbocycles. The molecule has 0 saturated carbocycles. The maximum Gasteiger partial charge on any atom is 0.271 e. The van der Waals surface area contributed by atoms with Crippen molar-refractivity contribution in [3.63, 3.8) is 0 Å². The molecule has 0 radical (unpaired) electrons. The first-order chi connectivity index (χ1) is 13.2. The third kappa shape index (κ3) is 3.20. The molecule has 2 N–H and O–H groups in total. The van der Waals surface area contributed by atoms with Gasteiger partial charge < -0.3 is 4.74 Å². The summed E-state index contributed by atoms with van der Waals surface area (Å²) in [6.45, 7) is 3.87. The molecule has 2 aromatic heterocycles. The van der Waals surface area contributed by atoms with E-state index in [-0.39, 0.29) is 5.56 Å². The van der Waals surface area contributed by atoms with E-state index >= 15 is 0 Å². The Morgan fingerprint density at radius 1 is 1.07 bits per heavy atom. The minimum absolute atomic E-state index is 0.215. The van der Waals surface area contributed by atoms with Crippen molar-refractivity contribution >= 4 is 12.7 Å². The maximum atomic E-state index is 12.1. The largest absolute Gasteiger partial charge is 0.497 e. The Bertz CT molecular complexity index is 1200. The lowest BCUT2D eigenvalue weighted by Crippen LogP contribution is -2.32. The van der Waals surface area contributed by atoms with Gasteiger partial charge in [-0.3, -0.25) is 15.0 Å². The number of methoxy groups -OCH3 is 1. The van der Waals surface area contributed by atoms with E-state index in [2.05, 4.69) is 16.8 Å². The van der Waals surface area contributed by atoms with Crippen LogP contribution in [0, 0.1) is 0 Å². The molecule has 0 bridgehead atoms. The summed E-state index contributed by atoms with van der Waals surface area (Å²) < 4.78 is 7.04. The van der Waals surface area contributed by atoms with Crippen LogP contribution in [0.1, 0.15) is 5.56 Å². The van der Waals surface area contributed by atoms with Crippen LogP contribution in [0.2, 0.25) is 0 Å². The van der Waals surface area contributed by atoms with E-state index < -0.39 is 0 Å². The van der Waals surface area contributed by atoms with Gasteiger partial charge >= 0.3 is 0 Å². The highest BCUT2D eigenvalue weighted by atomic mass is 16.5. The average Bonchev–Trinajstić information content (AvgIpc) is 3.28. The number of hydrogen-bond donors (Lipinski definition) is 2. The molecule has 0 atom stereocenters. The lowest BCUT2D eigenvalue weighted by atomic mass is 10.1. The Balaban J connectivity index is 1.93. The molecule has 27 heavy (non-hydrogen) atoms. The summed E-state index contributed by atoms with van der Waals surface area (Å²) in [6, 6.07) is 17.5. The van der Waals surface area contributed by atoms with Crippen LogP contribution in [0.15, 0.2) is 65.6 Å². The van der Waals surface area contributed by atoms with Crippen molar-refractivity contribution in [3.05, 3.63) is 87.3 Å². The topological polar surface area (TPSA) is 75.7 Å². The minimum atomic E-state index is -0.215. The second-order valence-corrected chi connectivity index (χ2v) is 6.06. The Labute approximate surface area is 155 Å². The first-order valence-electron chi connectivity index (χ1n) is 8.42. The predicted molar refractivity (Wildman–Crippen MR) is 105 cm³/mol. The summed E-state index contributed by atoms with van der Waals surface area (Å²) in [6.07, 6.45) is 3.70. The van der Waals surface area contributed by atoms with Gasteiger partial charge in [0.05, 0.1) is 29.1 Å². The van der Waals surface area contributed by atoms with Crippen molar-refractivity contribution in [1.29, 1.82) is 0 Å². The Hall–Kier alpha value is -3.80. The molecule has 2 heterocycles. The SMILES string of the molecule is C=c1[nH][nH]c(=O)/c1=C\c1cn(-c2ccccc2)nc1-c1ccc(OC)cc1. The number of ether oxygens (including phenoxy) is 1. The van der Waals surface area contributed by atoms with Crippen LogP contribution < -0.4 is 20.9 Å². The van der Waals surface area contributed by atoms with Gasteiger partial charge in [0, 0.05) is 17.3 Å². The zero-order valence-corrected chi connectivity index (χ0v) is 14.8. The number of hydrogen-bond acceptors (Lipinski definition) is 3. The van der Waals surface area contributed by atoms with Crippen molar-refractivity contribution in [3.8, 4) is 22.7 Å². The molecule has 6 nitrogen and oxygen atoms in total. The van der Waals surface area contributed by atoms with Crippen LogP contribution in [0.3, 0.4) is 0 Å². The molecular weight excluding hydrogens is 340 g/mol. The van der Waals surface area contributed by atoms with Crippen LogP contribution >= 0.6 is 0 Å². The summed E-state index contributed by atoms with van der Waals surface area (Å²) in [4.78, 5) is 12.1. The minimum Gasteiger partial charge on any atom is -0.497 e. The number of benzene rings is 2. The number of para-hydroxylation sites is 1. The standard InChI is InChI=1S/C21H18N4O2/c1-14-19(21(26)23-22-14)12-16-13-25(17-6-4-3-5-7-17)24-20(16)15-8-10-18(27-2)11-9-15/h3-13,22H,1H2,2H3,(H,23,26)/b19-12-. The Morgan fingerprint density at radius 2 is 1.81 bits per heavy atom. The van der Waals surface area contributed by atoms with E-state index in [9.17, 15) is 4.79 Å². The van der Waals surface area contributed by atoms with Gasteiger partial charge in [-0.15, -0.1) is 0 Å². The number of rotatable bonds is 4. The first kappa shape index (κ1) is 16.7. The fourth-order valence-electron chi connectivity index (χ4n) is 2.89. The monoisotopic (exact) mass is 358 g/mol. The van der Waals surface area contributed by atoms with Gasteiger partial charge in [-0.05, 0) is 42.5 Å². The van der Waals surface area contributed by atoms with Gasteiger partial charge in [-0.1, -0.05) is 24.8 Å². The third-order valence-electron chi connectivity index (χ3n) is 4.32. The lowest BCUT2D eigenvalue weighted by molar-refractivity contribution is 0.415. The van der Waals surface area contributed by atoms with Crippen molar-refractivity contribution in [2.24, 2.45) is 0 Å². The van der Waals surface area contributed by atoms with E-state index in [1.807, 2.05) is 60.8 Å². The average molecular weight is 358 g/mol. The van der Waals surface area contributed by atoms with E-state index in [0.717, 1.165) is 28.3 Å². The number of aromatic amines is 2. The van der Waals surface area contributed by atoms with Gasteiger partial charge in [-0.2, -0.15) is 5.10 Å². The molecule has 0 aliphatic rings. The summed E-state index contributed by atoms with van der Waals surface area (Å²) in [5.74, 6) is 0.772. The number of nitrogens with one attached hydrogen (secondary N) is 2. The van der Waals surface area contributed by atoms with Crippen LogP contribution in [-0.4, -0.2) is 27.1 Å². The third-order valence-corrected chi connectivity index (χ3v) is 4.32. The van der Waals surface area contributed by atoms with Gasteiger partial charge in [0.2, 0.25) is 0 Å². The first-order valence-corrected chi connectivity index (χ1v) is 8.42. The maximum absolute atomic E-state index is 12.1. The van der Waals surface area contributed by atoms with Crippen LogP contribution in [0.4, 0.5) is 0 Å². The molecule has 4 aromatic rings. The van der Waals surface area contributed by atoms with Crippen molar-refractivity contribution in [2.75, 3.05) is 7.11 Å². The molecule has 0 unspecified atom stereocenters. The molecule has 0 amide bonds. The highest BCUT2D eigenvalue weighted by molar-refractivity contribution is 5.72. The zero-order chi connectivity index (χ0) is 18.8. The zero-order valence-electron chi connectivity index (χ0n) is 14.8. The molecule has 2 aromatic carbocycles. The molecule has 0 fully saturated rings. The normalized spacial score (nSPS) is 11.7. The molecule has 0 saturated heterocycles. The second kappa shape index (κ2) is 6.84. The van der Waals surface area contributed by atoms with Crippen molar-refractivity contribution < 1.29 is 4.74 Å². The number of aromatic nitrogens is 4. The van der Waals surface area contributed by atoms with Crippen molar-refractivity contribution in [1.82, 2.24) is 20.0 Å². The smallest absolute Gasteiger partial charge is 0.271 e. The number of H-pyrrole nitrogens is 2. The molecular formula is C21H18N4O2. The van der Waals surface area contributed by atoms with Crippen LogP contribution in [-0.2, 0) is 0 Å². The van der Waals surface area contributed by atoms with Crippen LogP contribution in [0.25, 0.3) is 29.6 Å². The lowest BCUT2D eigenvalue weighted by Gasteiger charge is -2.02. The van der Waals surface area contributed by atoms with Crippen molar-refractivity contribution in [2.45, 2.75) is 0 Å². The highest BCUT2D eigenvalue weighted by Crippen LogP contribution is 2.26.